The third-order valence-electron chi connectivity index (χ3n) is 4.96. The normalized spacial score (nSPS) is 14.2. The average molecular weight is 438 g/mol. The zero-order valence-corrected chi connectivity index (χ0v) is 19.0. The molecule has 2 aromatic carbocycles. The highest BCUT2D eigenvalue weighted by atomic mass is 16.6. The van der Waals surface area contributed by atoms with E-state index in [1.54, 1.807) is 39.0 Å². The van der Waals surface area contributed by atoms with Gasteiger partial charge in [-0.2, -0.15) is 0 Å². The van der Waals surface area contributed by atoms with Gasteiger partial charge in [-0.05, 0) is 63.8 Å². The van der Waals surface area contributed by atoms with Crippen molar-refractivity contribution in [2.24, 2.45) is 0 Å². The molecule has 3 amide bonds. The van der Waals surface area contributed by atoms with Crippen LogP contribution in [-0.2, 0) is 16.0 Å². The number of nitrogens with one attached hydrogen (secondary N) is 3. The maximum absolute atomic E-state index is 13.2. The van der Waals surface area contributed by atoms with Gasteiger partial charge in [0.2, 0.25) is 5.91 Å². The van der Waals surface area contributed by atoms with Crippen LogP contribution in [0.5, 0.6) is 0 Å². The Morgan fingerprint density at radius 2 is 1.75 bits per heavy atom. The highest BCUT2D eigenvalue weighted by Gasteiger charge is 2.26. The molecule has 1 unspecified atom stereocenters. The van der Waals surface area contributed by atoms with Crippen LogP contribution in [-0.4, -0.2) is 35.6 Å². The summed E-state index contributed by atoms with van der Waals surface area (Å²) in [7, 11) is 0. The molecular formula is C25H31N3O4. The average Bonchev–Trinajstić information content (AvgIpc) is 3.52. The van der Waals surface area contributed by atoms with E-state index in [-0.39, 0.29) is 17.9 Å². The van der Waals surface area contributed by atoms with Gasteiger partial charge in [0.25, 0.3) is 5.91 Å². The molecule has 1 atom stereocenters. The summed E-state index contributed by atoms with van der Waals surface area (Å²) in [5, 5.41) is 8.50. The molecule has 0 saturated heterocycles. The van der Waals surface area contributed by atoms with Gasteiger partial charge in [0, 0.05) is 23.7 Å². The minimum absolute atomic E-state index is 0.157. The van der Waals surface area contributed by atoms with E-state index in [0.717, 1.165) is 24.0 Å². The second kappa shape index (κ2) is 9.85. The third-order valence-corrected chi connectivity index (χ3v) is 4.96. The fraction of sp³-hybridized carbons (Fsp3) is 0.400. The molecule has 0 heterocycles. The number of benzene rings is 2. The Labute approximate surface area is 188 Å². The number of aryl methyl sites for hydroxylation is 1. The predicted octanol–water partition coefficient (Wildman–Crippen LogP) is 3.96. The molecule has 0 spiro atoms. The smallest absolute Gasteiger partial charge is 0.408 e. The van der Waals surface area contributed by atoms with Crippen molar-refractivity contribution in [3.8, 4) is 0 Å². The number of carbonyl (C=O) groups excluding carboxylic acids is 3. The molecule has 1 fully saturated rings. The fourth-order valence-electron chi connectivity index (χ4n) is 3.12. The van der Waals surface area contributed by atoms with E-state index < -0.39 is 17.7 Å². The lowest BCUT2D eigenvalue weighted by atomic mass is 10.0. The van der Waals surface area contributed by atoms with Crippen LogP contribution < -0.4 is 16.0 Å². The second-order valence-electron chi connectivity index (χ2n) is 9.16. The predicted molar refractivity (Wildman–Crippen MR) is 124 cm³/mol. The maximum atomic E-state index is 13.2. The van der Waals surface area contributed by atoms with Crippen molar-refractivity contribution in [1.82, 2.24) is 10.6 Å². The van der Waals surface area contributed by atoms with E-state index >= 15 is 0 Å². The Hall–Kier alpha value is -3.35. The molecule has 0 bridgehead atoms. The third kappa shape index (κ3) is 7.11. The summed E-state index contributed by atoms with van der Waals surface area (Å²) < 4.78 is 5.34. The highest BCUT2D eigenvalue weighted by Crippen LogP contribution is 2.22. The first-order chi connectivity index (χ1) is 15.1. The van der Waals surface area contributed by atoms with Crippen LogP contribution in [0.15, 0.2) is 48.5 Å². The first kappa shape index (κ1) is 23.3. The molecule has 7 nitrogen and oxygen atoms in total. The topological polar surface area (TPSA) is 96.5 Å². The molecule has 3 N–H and O–H groups in total. The van der Waals surface area contributed by atoms with Crippen LogP contribution in [0.3, 0.4) is 0 Å². The Morgan fingerprint density at radius 3 is 2.38 bits per heavy atom. The molecule has 0 aromatic heterocycles. The van der Waals surface area contributed by atoms with Crippen LogP contribution in [0.25, 0.3) is 0 Å². The van der Waals surface area contributed by atoms with Crippen LogP contribution in [0.4, 0.5) is 10.5 Å². The van der Waals surface area contributed by atoms with Crippen LogP contribution in [0, 0.1) is 6.92 Å². The fourth-order valence-corrected chi connectivity index (χ4v) is 3.12. The minimum Gasteiger partial charge on any atom is -0.444 e. The number of hydrogen-bond acceptors (Lipinski definition) is 4. The Bertz CT molecular complexity index is 978. The van der Waals surface area contributed by atoms with Gasteiger partial charge in [-0.3, -0.25) is 9.59 Å². The lowest BCUT2D eigenvalue weighted by molar-refractivity contribution is -0.118. The Morgan fingerprint density at radius 1 is 1.06 bits per heavy atom. The highest BCUT2D eigenvalue weighted by molar-refractivity contribution is 6.00. The molecule has 0 aliphatic heterocycles. The van der Waals surface area contributed by atoms with E-state index in [4.69, 9.17) is 4.74 Å². The summed E-state index contributed by atoms with van der Waals surface area (Å²) in [5.41, 5.74) is 2.05. The first-order valence-corrected chi connectivity index (χ1v) is 10.9. The van der Waals surface area contributed by atoms with Gasteiger partial charge >= 0.3 is 6.09 Å². The first-order valence-electron chi connectivity index (χ1n) is 10.9. The molecule has 1 saturated carbocycles. The van der Waals surface area contributed by atoms with Gasteiger partial charge in [0.15, 0.2) is 0 Å². The summed E-state index contributed by atoms with van der Waals surface area (Å²) in [6.07, 6.45) is 1.63. The van der Waals surface area contributed by atoms with Crippen molar-refractivity contribution in [1.29, 1.82) is 0 Å². The molecule has 1 aliphatic carbocycles. The van der Waals surface area contributed by atoms with Crippen molar-refractivity contribution in [2.75, 3.05) is 5.32 Å². The van der Waals surface area contributed by atoms with Gasteiger partial charge in [-0.25, -0.2) is 4.79 Å². The van der Waals surface area contributed by atoms with Crippen molar-refractivity contribution in [3.63, 3.8) is 0 Å². The van der Waals surface area contributed by atoms with E-state index in [0.29, 0.717) is 17.7 Å². The zero-order valence-electron chi connectivity index (χ0n) is 19.0. The number of hydrogen-bond donors (Lipinski definition) is 3. The summed E-state index contributed by atoms with van der Waals surface area (Å²) in [5.74, 6) is -0.543. The van der Waals surface area contributed by atoms with E-state index in [1.165, 1.54) is 0 Å². The summed E-state index contributed by atoms with van der Waals surface area (Å²) in [6.45, 7) is 7.15. The van der Waals surface area contributed by atoms with E-state index in [1.807, 2.05) is 37.3 Å². The Balaban J connectivity index is 1.76. The zero-order chi connectivity index (χ0) is 23.3. The monoisotopic (exact) mass is 437 g/mol. The molecule has 0 radical (unpaired) electrons. The number of anilines is 1. The molecule has 7 heteroatoms. The molecule has 3 rings (SSSR count). The van der Waals surface area contributed by atoms with Crippen LogP contribution >= 0.6 is 0 Å². The van der Waals surface area contributed by atoms with Gasteiger partial charge in [0.1, 0.15) is 11.6 Å². The lowest BCUT2D eigenvalue weighted by Gasteiger charge is -2.23. The molecular weight excluding hydrogens is 406 g/mol. The van der Waals surface area contributed by atoms with Crippen molar-refractivity contribution in [2.45, 2.75) is 64.6 Å². The van der Waals surface area contributed by atoms with Crippen molar-refractivity contribution in [3.05, 3.63) is 65.2 Å². The number of carbonyl (C=O) groups is 3. The van der Waals surface area contributed by atoms with E-state index in [2.05, 4.69) is 16.0 Å². The van der Waals surface area contributed by atoms with Gasteiger partial charge in [-0.15, -0.1) is 0 Å². The lowest BCUT2D eigenvalue weighted by Crippen LogP contribution is -2.47. The minimum atomic E-state index is -0.851. The van der Waals surface area contributed by atoms with Gasteiger partial charge in [0.05, 0.1) is 0 Å². The Kier molecular flexibility index (Phi) is 7.18. The summed E-state index contributed by atoms with van der Waals surface area (Å²) in [4.78, 5) is 37.9. The number of amides is 3. The molecule has 1 aliphatic rings. The second-order valence-corrected chi connectivity index (χ2v) is 9.16. The largest absolute Gasteiger partial charge is 0.444 e. The van der Waals surface area contributed by atoms with Crippen molar-refractivity contribution >= 4 is 23.6 Å². The quantitative estimate of drug-likeness (QED) is 0.611. The SMILES string of the molecule is Cc1ccc(C(=O)NC2CC2)cc1NC(=O)C(Cc1ccccc1)NC(=O)OC(C)(C)C. The number of alkyl carbamates (subject to hydrolysis) is 1. The molecule has 2 aromatic rings. The van der Waals surface area contributed by atoms with Crippen LogP contribution in [0.2, 0.25) is 0 Å². The molecule has 170 valence electrons. The summed E-state index contributed by atoms with van der Waals surface area (Å²) in [6, 6.07) is 14.0. The van der Waals surface area contributed by atoms with Crippen LogP contribution in [0.1, 0.15) is 55.1 Å². The standard InChI is InChI=1S/C25H31N3O4/c1-16-10-11-18(22(29)26-19-12-13-19)15-20(16)27-23(30)21(14-17-8-6-5-7-9-17)28-24(31)32-25(2,3)4/h5-11,15,19,21H,12-14H2,1-4H3,(H,26,29)(H,27,30)(H,28,31). The van der Waals surface area contributed by atoms with Gasteiger partial charge in [-0.1, -0.05) is 36.4 Å². The number of rotatable bonds is 7. The van der Waals surface area contributed by atoms with E-state index in [9.17, 15) is 14.4 Å². The summed E-state index contributed by atoms with van der Waals surface area (Å²) >= 11 is 0. The molecule has 32 heavy (non-hydrogen) atoms. The maximum Gasteiger partial charge on any atom is 0.408 e. The van der Waals surface area contributed by atoms with Gasteiger partial charge < -0.3 is 20.7 Å². The van der Waals surface area contributed by atoms with Crippen molar-refractivity contribution < 1.29 is 19.1 Å². The number of ether oxygens (including phenoxy) is 1.